The van der Waals surface area contributed by atoms with E-state index in [9.17, 15) is 4.79 Å². The largest absolute Gasteiger partial charge is 0.490 e. The molecule has 0 amide bonds. The molecule has 2 rings (SSSR count). The van der Waals surface area contributed by atoms with E-state index < -0.39 is 0 Å². The van der Waals surface area contributed by atoms with Crippen molar-refractivity contribution in [2.75, 3.05) is 6.61 Å². The van der Waals surface area contributed by atoms with Gasteiger partial charge in [0.05, 0.1) is 17.8 Å². The zero-order valence-electron chi connectivity index (χ0n) is 11.0. The molecule has 0 N–H and O–H groups in total. The summed E-state index contributed by atoms with van der Waals surface area (Å²) in [5, 5.41) is 0. The summed E-state index contributed by atoms with van der Waals surface area (Å²) in [6.07, 6.45) is 2.66. The molecule has 0 aromatic heterocycles. The van der Waals surface area contributed by atoms with E-state index in [1.165, 1.54) is 0 Å². The predicted octanol–water partition coefficient (Wildman–Crippen LogP) is 3.23. The lowest BCUT2D eigenvalue weighted by Crippen LogP contribution is -2.15. The van der Waals surface area contributed by atoms with Crippen molar-refractivity contribution in [2.24, 2.45) is 0 Å². The van der Waals surface area contributed by atoms with Gasteiger partial charge in [0.15, 0.2) is 5.78 Å². The van der Waals surface area contributed by atoms with E-state index in [0.29, 0.717) is 17.7 Å². The predicted molar refractivity (Wildman–Crippen MR) is 70.1 cm³/mol. The summed E-state index contributed by atoms with van der Waals surface area (Å²) in [6.45, 7) is 4.70. The number of para-hydroxylation sites is 1. The van der Waals surface area contributed by atoms with Crippen molar-refractivity contribution in [3.05, 3.63) is 29.8 Å². The molecule has 0 aliphatic carbocycles. The third-order valence-corrected chi connectivity index (χ3v) is 2.99. The van der Waals surface area contributed by atoms with Crippen molar-refractivity contribution in [3.63, 3.8) is 0 Å². The van der Waals surface area contributed by atoms with E-state index >= 15 is 0 Å². The smallest absolute Gasteiger partial charge is 0.169 e. The summed E-state index contributed by atoms with van der Waals surface area (Å²) in [7, 11) is 0. The number of benzene rings is 1. The van der Waals surface area contributed by atoms with Crippen molar-refractivity contribution < 1.29 is 14.3 Å². The van der Waals surface area contributed by atoms with E-state index in [1.807, 2.05) is 38.1 Å². The molecule has 1 saturated heterocycles. The Hall–Kier alpha value is -1.35. The van der Waals surface area contributed by atoms with Crippen LogP contribution in [0, 0.1) is 0 Å². The molecule has 98 valence electrons. The lowest BCUT2D eigenvalue weighted by Gasteiger charge is -2.14. The zero-order valence-corrected chi connectivity index (χ0v) is 11.0. The standard InChI is InChI=1S/C15H20O3/c1-11(2)18-15-8-4-3-7-13(15)14(16)10-12-6-5-9-17-12/h3-4,7-8,11-12H,5-6,9-10H2,1-2H3. The van der Waals surface area contributed by atoms with Gasteiger partial charge >= 0.3 is 0 Å². The Morgan fingerprint density at radius 2 is 2.22 bits per heavy atom. The Bertz CT molecular complexity index is 406. The average Bonchev–Trinajstić information content (AvgIpc) is 2.81. The molecule has 0 bridgehead atoms. The zero-order chi connectivity index (χ0) is 13.0. The van der Waals surface area contributed by atoms with Crippen LogP contribution in [-0.4, -0.2) is 24.6 Å². The lowest BCUT2D eigenvalue weighted by atomic mass is 10.0. The summed E-state index contributed by atoms with van der Waals surface area (Å²) in [5.74, 6) is 0.786. The van der Waals surface area contributed by atoms with Crippen molar-refractivity contribution in [1.29, 1.82) is 0 Å². The molecule has 1 unspecified atom stereocenters. The number of rotatable bonds is 5. The minimum Gasteiger partial charge on any atom is -0.490 e. The monoisotopic (exact) mass is 248 g/mol. The number of Topliss-reactive ketones (excluding diaryl/α,β-unsaturated/α-hetero) is 1. The van der Waals surface area contributed by atoms with Crippen LogP contribution in [0.2, 0.25) is 0 Å². The van der Waals surface area contributed by atoms with Gasteiger partial charge in [-0.2, -0.15) is 0 Å². The molecule has 3 nitrogen and oxygen atoms in total. The van der Waals surface area contributed by atoms with Gasteiger partial charge in [0.1, 0.15) is 5.75 Å². The summed E-state index contributed by atoms with van der Waals surface area (Å²) in [4.78, 5) is 12.2. The van der Waals surface area contributed by atoms with Crippen LogP contribution < -0.4 is 4.74 Å². The summed E-state index contributed by atoms with van der Waals surface area (Å²) < 4.78 is 11.2. The van der Waals surface area contributed by atoms with E-state index in [4.69, 9.17) is 9.47 Å². The lowest BCUT2D eigenvalue weighted by molar-refractivity contribution is 0.0771. The normalized spacial score (nSPS) is 19.2. The van der Waals surface area contributed by atoms with E-state index in [-0.39, 0.29) is 18.0 Å². The second-order valence-corrected chi connectivity index (χ2v) is 4.93. The van der Waals surface area contributed by atoms with Gasteiger partial charge in [-0.25, -0.2) is 0 Å². The highest BCUT2D eigenvalue weighted by Gasteiger charge is 2.21. The fourth-order valence-electron chi connectivity index (χ4n) is 2.18. The SMILES string of the molecule is CC(C)Oc1ccccc1C(=O)CC1CCCO1. The van der Waals surface area contributed by atoms with Crippen molar-refractivity contribution in [1.82, 2.24) is 0 Å². The summed E-state index contributed by atoms with van der Waals surface area (Å²) in [5.41, 5.74) is 0.668. The fourth-order valence-corrected chi connectivity index (χ4v) is 2.18. The van der Waals surface area contributed by atoms with Crippen molar-refractivity contribution in [2.45, 2.75) is 45.3 Å². The highest BCUT2D eigenvalue weighted by molar-refractivity contribution is 5.98. The Morgan fingerprint density at radius 1 is 1.44 bits per heavy atom. The maximum absolute atomic E-state index is 12.2. The fraction of sp³-hybridized carbons (Fsp3) is 0.533. The first-order chi connectivity index (χ1) is 8.66. The van der Waals surface area contributed by atoms with Gasteiger partial charge < -0.3 is 9.47 Å². The van der Waals surface area contributed by atoms with E-state index in [1.54, 1.807) is 0 Å². The quantitative estimate of drug-likeness (QED) is 0.750. The number of hydrogen-bond acceptors (Lipinski definition) is 3. The molecule has 1 aliphatic rings. The first-order valence-corrected chi connectivity index (χ1v) is 6.57. The Labute approximate surface area is 108 Å². The average molecular weight is 248 g/mol. The molecule has 1 heterocycles. The molecule has 1 atom stereocenters. The van der Waals surface area contributed by atoms with Crippen LogP contribution in [0.25, 0.3) is 0 Å². The molecule has 0 saturated carbocycles. The van der Waals surface area contributed by atoms with E-state index in [2.05, 4.69) is 0 Å². The summed E-state index contributed by atoms with van der Waals surface area (Å²) >= 11 is 0. The van der Waals surface area contributed by atoms with Crippen molar-refractivity contribution in [3.8, 4) is 5.75 Å². The van der Waals surface area contributed by atoms with Crippen LogP contribution in [0.3, 0.4) is 0 Å². The third kappa shape index (κ3) is 3.33. The molecule has 0 radical (unpaired) electrons. The molecular formula is C15H20O3. The molecule has 1 aromatic carbocycles. The first-order valence-electron chi connectivity index (χ1n) is 6.57. The molecular weight excluding hydrogens is 228 g/mol. The van der Waals surface area contributed by atoms with Gasteiger partial charge in [0.2, 0.25) is 0 Å². The number of ether oxygens (including phenoxy) is 2. The van der Waals surface area contributed by atoms with Gasteiger partial charge in [-0.15, -0.1) is 0 Å². The number of ketones is 1. The molecule has 18 heavy (non-hydrogen) atoms. The van der Waals surface area contributed by atoms with Crippen LogP contribution in [0.15, 0.2) is 24.3 Å². The van der Waals surface area contributed by atoms with Crippen LogP contribution in [0.4, 0.5) is 0 Å². The Kier molecular flexibility index (Phi) is 4.37. The van der Waals surface area contributed by atoms with Crippen molar-refractivity contribution >= 4 is 5.78 Å². The van der Waals surface area contributed by atoms with Crippen LogP contribution in [0.1, 0.15) is 43.5 Å². The minimum absolute atomic E-state index is 0.0710. The first kappa shape index (κ1) is 13.1. The van der Waals surface area contributed by atoms with Gasteiger partial charge in [0.25, 0.3) is 0 Å². The van der Waals surface area contributed by atoms with Crippen LogP contribution in [-0.2, 0) is 4.74 Å². The van der Waals surface area contributed by atoms with Gasteiger partial charge in [-0.05, 0) is 38.8 Å². The second-order valence-electron chi connectivity index (χ2n) is 4.93. The van der Waals surface area contributed by atoms with Gasteiger partial charge in [0, 0.05) is 13.0 Å². The minimum atomic E-state index is 0.0710. The Morgan fingerprint density at radius 3 is 2.89 bits per heavy atom. The number of hydrogen-bond donors (Lipinski definition) is 0. The molecule has 1 fully saturated rings. The highest BCUT2D eigenvalue weighted by Crippen LogP contribution is 2.24. The molecule has 0 spiro atoms. The maximum atomic E-state index is 12.2. The number of carbonyl (C=O) groups is 1. The molecule has 1 aliphatic heterocycles. The third-order valence-electron chi connectivity index (χ3n) is 2.99. The highest BCUT2D eigenvalue weighted by atomic mass is 16.5. The molecule has 1 aromatic rings. The topological polar surface area (TPSA) is 35.5 Å². The van der Waals surface area contributed by atoms with Crippen LogP contribution >= 0.6 is 0 Å². The van der Waals surface area contributed by atoms with Gasteiger partial charge in [-0.1, -0.05) is 12.1 Å². The van der Waals surface area contributed by atoms with Crippen LogP contribution in [0.5, 0.6) is 5.75 Å². The Balaban J connectivity index is 2.08. The second kappa shape index (κ2) is 6.01. The molecule has 3 heteroatoms. The number of carbonyl (C=O) groups excluding carboxylic acids is 1. The van der Waals surface area contributed by atoms with E-state index in [0.717, 1.165) is 19.4 Å². The van der Waals surface area contributed by atoms with Gasteiger partial charge in [-0.3, -0.25) is 4.79 Å². The maximum Gasteiger partial charge on any atom is 0.169 e. The summed E-state index contributed by atoms with van der Waals surface area (Å²) in [6, 6.07) is 7.44.